The Labute approximate surface area is 274 Å². The molecule has 3 aliphatic heterocycles. The van der Waals surface area contributed by atoms with E-state index < -0.39 is 120 Å². The highest BCUT2D eigenvalue weighted by Gasteiger charge is 2.52. The molecule has 0 aliphatic carbocycles. The topological polar surface area (TPSA) is 272 Å². The molecule has 0 saturated carbocycles. The van der Waals surface area contributed by atoms with E-state index >= 15 is 0 Å². The van der Waals surface area contributed by atoms with Gasteiger partial charge in [-0.3, -0.25) is 0 Å². The highest BCUT2D eigenvalue weighted by Crippen LogP contribution is 2.32. The highest BCUT2D eigenvalue weighted by molar-refractivity contribution is 7.92. The molecule has 17 nitrogen and oxygen atoms in total. The first-order chi connectivity index (χ1) is 21.8. The van der Waals surface area contributed by atoms with Gasteiger partial charge in [0.2, 0.25) is 0 Å². The predicted octanol–water partition coefficient (Wildman–Crippen LogP) is -3.85. The van der Waals surface area contributed by atoms with Crippen LogP contribution in [0.3, 0.4) is 0 Å². The maximum atomic E-state index is 12.3. The van der Waals surface area contributed by atoms with Crippen molar-refractivity contribution >= 4 is 9.84 Å². The summed E-state index contributed by atoms with van der Waals surface area (Å²) < 4.78 is 57.5. The lowest BCUT2D eigenvalue weighted by atomic mass is 9.89. The molecule has 0 aromatic carbocycles. The van der Waals surface area contributed by atoms with Gasteiger partial charge in [0.25, 0.3) is 0 Å². The summed E-state index contributed by atoms with van der Waals surface area (Å²) in [5.41, 5.74) is 0. The average Bonchev–Trinajstić information content (AvgIpc) is 3.00. The van der Waals surface area contributed by atoms with E-state index in [1.54, 1.807) is 34.6 Å². The molecule has 278 valence electrons. The van der Waals surface area contributed by atoms with Crippen LogP contribution in [0.2, 0.25) is 0 Å². The lowest BCUT2D eigenvalue weighted by Gasteiger charge is -2.47. The summed E-state index contributed by atoms with van der Waals surface area (Å²) in [6, 6.07) is 0. The SMILES string of the molecule is CC(C)C1OC(COC2OC(COCCCCS(=O)(=O)C(C)(C)C)C(O)C(O)C2O)C(O)C(OC2OC(CO)C(O)C(O)C2O)C1O. The molecule has 9 N–H and O–H groups in total. The number of ether oxygens (including phenoxy) is 6. The summed E-state index contributed by atoms with van der Waals surface area (Å²) in [6.07, 6.45) is -21.7. The van der Waals surface area contributed by atoms with Crippen molar-refractivity contribution in [1.82, 2.24) is 0 Å². The number of aliphatic hydroxyl groups is 9. The molecule has 0 bridgehead atoms. The Bertz CT molecular complexity index is 1050. The van der Waals surface area contributed by atoms with Crippen molar-refractivity contribution < 1.29 is 82.8 Å². The van der Waals surface area contributed by atoms with E-state index in [-0.39, 0.29) is 24.9 Å². The molecule has 0 spiro atoms. The van der Waals surface area contributed by atoms with Crippen LogP contribution in [0.1, 0.15) is 47.5 Å². The van der Waals surface area contributed by atoms with Crippen LogP contribution in [-0.2, 0) is 38.3 Å². The normalized spacial score (nSPS) is 42.1. The van der Waals surface area contributed by atoms with Crippen LogP contribution < -0.4 is 0 Å². The Kier molecular flexibility index (Phi) is 14.8. The molecule has 3 saturated heterocycles. The van der Waals surface area contributed by atoms with Crippen LogP contribution in [0.25, 0.3) is 0 Å². The molecule has 15 unspecified atom stereocenters. The summed E-state index contributed by atoms with van der Waals surface area (Å²) in [5.74, 6) is -0.342. The Morgan fingerprint density at radius 1 is 0.681 bits per heavy atom. The average molecular weight is 707 g/mol. The van der Waals surface area contributed by atoms with Gasteiger partial charge >= 0.3 is 0 Å². The van der Waals surface area contributed by atoms with Crippen LogP contribution in [0, 0.1) is 5.92 Å². The van der Waals surface area contributed by atoms with E-state index in [9.17, 15) is 54.4 Å². The van der Waals surface area contributed by atoms with E-state index in [0.29, 0.717) is 12.8 Å². The van der Waals surface area contributed by atoms with Gasteiger partial charge < -0.3 is 74.4 Å². The zero-order valence-electron chi connectivity index (χ0n) is 27.4. The van der Waals surface area contributed by atoms with Crippen molar-refractivity contribution in [2.45, 2.75) is 144 Å². The Hall–Kier alpha value is -0.650. The Morgan fingerprint density at radius 3 is 1.81 bits per heavy atom. The molecule has 3 aliphatic rings. The molecular formula is C29H54O17S. The number of unbranched alkanes of at least 4 members (excludes halogenated alkanes) is 1. The van der Waals surface area contributed by atoms with Crippen molar-refractivity contribution in [2.24, 2.45) is 5.92 Å². The number of sulfone groups is 1. The van der Waals surface area contributed by atoms with Crippen LogP contribution in [-0.4, -0.2) is 183 Å². The molecular weight excluding hydrogens is 652 g/mol. The van der Waals surface area contributed by atoms with Gasteiger partial charge in [-0.05, 0) is 39.5 Å². The Balaban J connectivity index is 1.60. The van der Waals surface area contributed by atoms with Crippen molar-refractivity contribution in [2.75, 3.05) is 32.2 Å². The molecule has 3 fully saturated rings. The van der Waals surface area contributed by atoms with Gasteiger partial charge in [-0.1, -0.05) is 13.8 Å². The second kappa shape index (κ2) is 17.0. The van der Waals surface area contributed by atoms with Gasteiger partial charge in [0.1, 0.15) is 73.2 Å². The minimum Gasteiger partial charge on any atom is -0.394 e. The molecule has 0 aromatic rings. The largest absolute Gasteiger partial charge is 0.394 e. The quantitative estimate of drug-likeness (QED) is 0.0783. The van der Waals surface area contributed by atoms with Gasteiger partial charge in [-0.2, -0.15) is 0 Å². The lowest BCUT2D eigenvalue weighted by molar-refractivity contribution is -0.349. The Morgan fingerprint density at radius 2 is 1.23 bits per heavy atom. The van der Waals surface area contributed by atoms with Crippen LogP contribution >= 0.6 is 0 Å². The molecule has 3 heterocycles. The lowest BCUT2D eigenvalue weighted by Crippen LogP contribution is -2.65. The molecule has 18 heteroatoms. The summed E-state index contributed by atoms with van der Waals surface area (Å²) in [6.45, 7) is 7.10. The fraction of sp³-hybridized carbons (Fsp3) is 1.00. The van der Waals surface area contributed by atoms with Crippen LogP contribution in [0.15, 0.2) is 0 Å². The molecule has 0 radical (unpaired) electrons. The summed E-state index contributed by atoms with van der Waals surface area (Å²) in [5, 5.41) is 93.7. The summed E-state index contributed by atoms with van der Waals surface area (Å²) >= 11 is 0. The fourth-order valence-corrected chi connectivity index (χ4v) is 6.73. The third-order valence-corrected chi connectivity index (χ3v) is 11.5. The standard InChI is InChI=1S/C29H54O17S/c1-13(2)25-24(38)26(46-28-23(37)20(34)17(31)14(10-30)44-28)19(33)16(43-25)12-42-27-22(36)21(35)18(32)15(45-27)11-41-8-6-7-9-47(39,40)29(3,4)5/h13-28,30-38H,6-12H2,1-5H3. The number of rotatable bonds is 14. The van der Waals surface area contributed by atoms with Crippen LogP contribution in [0.4, 0.5) is 0 Å². The van der Waals surface area contributed by atoms with E-state index in [1.165, 1.54) is 0 Å². The van der Waals surface area contributed by atoms with Crippen molar-refractivity contribution in [3.8, 4) is 0 Å². The summed E-state index contributed by atoms with van der Waals surface area (Å²) in [7, 11) is -3.28. The highest BCUT2D eigenvalue weighted by atomic mass is 32.2. The second-order valence-electron chi connectivity index (χ2n) is 13.7. The monoisotopic (exact) mass is 706 g/mol. The molecule has 47 heavy (non-hydrogen) atoms. The van der Waals surface area contributed by atoms with Crippen molar-refractivity contribution in [3.05, 3.63) is 0 Å². The molecule has 3 rings (SSSR count). The second-order valence-corrected chi connectivity index (χ2v) is 16.6. The van der Waals surface area contributed by atoms with E-state index in [0.717, 1.165) is 0 Å². The minimum absolute atomic E-state index is 0.0125. The minimum atomic E-state index is -3.28. The first kappa shape index (κ1) is 40.8. The maximum absolute atomic E-state index is 12.3. The van der Waals surface area contributed by atoms with Gasteiger partial charge in [0.15, 0.2) is 22.4 Å². The van der Waals surface area contributed by atoms with E-state index in [4.69, 9.17) is 28.4 Å². The molecule has 0 aromatic heterocycles. The maximum Gasteiger partial charge on any atom is 0.187 e. The zero-order chi connectivity index (χ0) is 35.4. The van der Waals surface area contributed by atoms with Crippen molar-refractivity contribution in [3.63, 3.8) is 0 Å². The van der Waals surface area contributed by atoms with Gasteiger partial charge in [0.05, 0.1) is 36.4 Å². The predicted molar refractivity (Wildman–Crippen MR) is 160 cm³/mol. The smallest absolute Gasteiger partial charge is 0.187 e. The van der Waals surface area contributed by atoms with Crippen molar-refractivity contribution in [1.29, 1.82) is 0 Å². The third-order valence-electron chi connectivity index (χ3n) is 8.78. The van der Waals surface area contributed by atoms with Gasteiger partial charge in [0, 0.05) is 6.61 Å². The number of hydrogen-bond acceptors (Lipinski definition) is 17. The molecule has 15 atom stereocenters. The third kappa shape index (κ3) is 9.78. The van der Waals surface area contributed by atoms with E-state index in [1.807, 2.05) is 0 Å². The fourth-order valence-electron chi connectivity index (χ4n) is 5.53. The number of hydrogen-bond donors (Lipinski definition) is 9. The van der Waals surface area contributed by atoms with E-state index in [2.05, 4.69) is 0 Å². The van der Waals surface area contributed by atoms with Gasteiger partial charge in [-0.15, -0.1) is 0 Å². The zero-order valence-corrected chi connectivity index (χ0v) is 28.2. The first-order valence-electron chi connectivity index (χ1n) is 15.9. The van der Waals surface area contributed by atoms with Crippen LogP contribution in [0.5, 0.6) is 0 Å². The first-order valence-corrected chi connectivity index (χ1v) is 17.6. The van der Waals surface area contributed by atoms with Gasteiger partial charge in [-0.25, -0.2) is 8.42 Å². The summed E-state index contributed by atoms with van der Waals surface area (Å²) in [4.78, 5) is 0. The molecule has 0 amide bonds. The number of aliphatic hydroxyl groups excluding tert-OH is 9.